The zero-order chi connectivity index (χ0) is 14.8. The summed E-state index contributed by atoms with van der Waals surface area (Å²) in [5, 5.41) is 1.17. The number of benzene rings is 2. The summed E-state index contributed by atoms with van der Waals surface area (Å²) in [4.78, 5) is 12.4. The third kappa shape index (κ3) is 2.68. The van der Waals surface area contributed by atoms with E-state index in [2.05, 4.69) is 0 Å². The van der Waals surface area contributed by atoms with Crippen LogP contribution in [0.25, 0.3) is 21.9 Å². The predicted molar refractivity (Wildman–Crippen MR) is 84.9 cm³/mol. The summed E-state index contributed by atoms with van der Waals surface area (Å²) in [5.41, 5.74) is 2.33. The third-order valence-corrected chi connectivity index (χ3v) is 3.29. The average Bonchev–Trinajstić information content (AvgIpc) is 2.47. The molecule has 3 rings (SSSR count). The van der Waals surface area contributed by atoms with Crippen molar-refractivity contribution in [3.05, 3.63) is 64.3 Å². The van der Waals surface area contributed by atoms with Gasteiger partial charge in [0.1, 0.15) is 23.5 Å². The molecule has 1 aromatic heterocycles. The van der Waals surface area contributed by atoms with Crippen LogP contribution in [-0.2, 0) is 0 Å². The lowest BCUT2D eigenvalue weighted by Crippen LogP contribution is -2.02. The maximum atomic E-state index is 12.4. The van der Waals surface area contributed by atoms with E-state index in [1.165, 1.54) is 5.57 Å². The highest BCUT2D eigenvalue weighted by atomic mass is 16.5. The van der Waals surface area contributed by atoms with Gasteiger partial charge in [-0.05, 0) is 44.2 Å². The summed E-state index contributed by atoms with van der Waals surface area (Å²) in [5.74, 6) is 0.693. The van der Waals surface area contributed by atoms with Crippen LogP contribution in [0.2, 0.25) is 0 Å². The molecule has 3 aromatic rings. The van der Waals surface area contributed by atoms with E-state index in [0.717, 1.165) is 0 Å². The molecule has 0 aliphatic carbocycles. The molecule has 0 saturated carbocycles. The zero-order valence-electron chi connectivity index (χ0n) is 12.1. The Morgan fingerprint density at radius 3 is 2.67 bits per heavy atom. The molecule has 2 aromatic carbocycles. The summed E-state index contributed by atoms with van der Waals surface area (Å²) in [7, 11) is 0. The Morgan fingerprint density at radius 2 is 1.86 bits per heavy atom. The fraction of sp³-hybridized carbons (Fsp3) is 0.167. The van der Waals surface area contributed by atoms with Gasteiger partial charge in [-0.2, -0.15) is 0 Å². The Labute approximate surface area is 122 Å². The minimum Gasteiger partial charge on any atom is -0.489 e. The van der Waals surface area contributed by atoms with Crippen molar-refractivity contribution in [2.45, 2.75) is 13.8 Å². The first kappa shape index (κ1) is 13.4. The molecule has 106 valence electrons. The van der Waals surface area contributed by atoms with Gasteiger partial charge in [0.05, 0.1) is 10.8 Å². The number of fused-ring (bicyclic) bond motifs is 2. The van der Waals surface area contributed by atoms with Gasteiger partial charge in [0.2, 0.25) is 5.43 Å². The highest BCUT2D eigenvalue weighted by Gasteiger charge is 2.07. The highest BCUT2D eigenvalue weighted by molar-refractivity contribution is 5.90. The molecule has 21 heavy (non-hydrogen) atoms. The lowest BCUT2D eigenvalue weighted by atomic mass is 10.1. The Kier molecular flexibility index (Phi) is 3.48. The number of hydrogen-bond donors (Lipinski definition) is 0. The second kappa shape index (κ2) is 5.44. The van der Waals surface area contributed by atoms with Gasteiger partial charge in [-0.1, -0.05) is 17.7 Å². The fourth-order valence-electron chi connectivity index (χ4n) is 2.18. The normalized spacial score (nSPS) is 10.8. The molecule has 0 spiro atoms. The highest BCUT2D eigenvalue weighted by Crippen LogP contribution is 2.22. The molecule has 0 fully saturated rings. The van der Waals surface area contributed by atoms with Gasteiger partial charge in [0.25, 0.3) is 0 Å². The van der Waals surface area contributed by atoms with E-state index in [-0.39, 0.29) is 5.43 Å². The van der Waals surface area contributed by atoms with Crippen molar-refractivity contribution < 1.29 is 9.15 Å². The van der Waals surface area contributed by atoms with Crippen LogP contribution in [0.4, 0.5) is 0 Å². The Bertz CT molecular complexity index is 884. The minimum atomic E-state index is -0.0114. The number of allylic oxidation sites excluding steroid dienone is 1. The third-order valence-electron chi connectivity index (χ3n) is 3.29. The van der Waals surface area contributed by atoms with Gasteiger partial charge in [-0.15, -0.1) is 0 Å². The molecule has 0 amide bonds. The van der Waals surface area contributed by atoms with Crippen LogP contribution in [0.15, 0.2) is 63.3 Å². The molecule has 0 radical (unpaired) electrons. The van der Waals surface area contributed by atoms with E-state index in [1.807, 2.05) is 32.1 Å². The standard InChI is InChI=1S/C18H16O3/c1-12(2)9-10-20-13-7-8-15-17(11-13)21-16-6-4-3-5-14(16)18(15)19/h3-9,11H,10H2,1-2H3. The van der Waals surface area contributed by atoms with Crippen molar-refractivity contribution in [3.8, 4) is 5.75 Å². The van der Waals surface area contributed by atoms with E-state index in [1.54, 1.807) is 30.3 Å². The molecule has 3 nitrogen and oxygen atoms in total. The van der Waals surface area contributed by atoms with E-state index < -0.39 is 0 Å². The zero-order valence-corrected chi connectivity index (χ0v) is 12.1. The fourth-order valence-corrected chi connectivity index (χ4v) is 2.18. The van der Waals surface area contributed by atoms with Gasteiger partial charge >= 0.3 is 0 Å². The molecule has 0 unspecified atom stereocenters. The van der Waals surface area contributed by atoms with E-state index in [0.29, 0.717) is 34.3 Å². The second-order valence-corrected chi connectivity index (χ2v) is 5.18. The van der Waals surface area contributed by atoms with Crippen LogP contribution < -0.4 is 10.2 Å². The van der Waals surface area contributed by atoms with Gasteiger partial charge in [0, 0.05) is 6.07 Å². The number of para-hydroxylation sites is 1. The summed E-state index contributed by atoms with van der Waals surface area (Å²) < 4.78 is 11.4. The van der Waals surface area contributed by atoms with Crippen molar-refractivity contribution in [1.29, 1.82) is 0 Å². The van der Waals surface area contributed by atoms with Crippen LogP contribution >= 0.6 is 0 Å². The summed E-state index contributed by atoms with van der Waals surface area (Å²) >= 11 is 0. The molecule has 0 saturated heterocycles. The van der Waals surface area contributed by atoms with E-state index in [4.69, 9.17) is 9.15 Å². The monoisotopic (exact) mass is 280 g/mol. The van der Waals surface area contributed by atoms with Crippen LogP contribution in [0.1, 0.15) is 13.8 Å². The van der Waals surface area contributed by atoms with Crippen molar-refractivity contribution >= 4 is 21.9 Å². The summed E-state index contributed by atoms with van der Waals surface area (Å²) in [6.45, 7) is 4.55. The first-order valence-corrected chi connectivity index (χ1v) is 6.87. The van der Waals surface area contributed by atoms with Gasteiger partial charge < -0.3 is 9.15 Å². The quantitative estimate of drug-likeness (QED) is 0.530. The maximum Gasteiger partial charge on any atom is 0.200 e. The summed E-state index contributed by atoms with van der Waals surface area (Å²) in [6, 6.07) is 12.6. The lowest BCUT2D eigenvalue weighted by molar-refractivity contribution is 0.362. The number of hydrogen-bond acceptors (Lipinski definition) is 3. The average molecular weight is 280 g/mol. The van der Waals surface area contributed by atoms with Crippen molar-refractivity contribution in [2.24, 2.45) is 0 Å². The van der Waals surface area contributed by atoms with Crippen LogP contribution in [0, 0.1) is 0 Å². The molecule has 0 aliphatic heterocycles. The lowest BCUT2D eigenvalue weighted by Gasteiger charge is -2.06. The Balaban J connectivity index is 2.07. The molecule has 0 atom stereocenters. The minimum absolute atomic E-state index is 0.0114. The van der Waals surface area contributed by atoms with E-state index >= 15 is 0 Å². The molecule has 0 N–H and O–H groups in total. The first-order valence-electron chi connectivity index (χ1n) is 6.87. The Morgan fingerprint density at radius 1 is 1.10 bits per heavy atom. The molecule has 1 heterocycles. The largest absolute Gasteiger partial charge is 0.489 e. The topological polar surface area (TPSA) is 39.4 Å². The van der Waals surface area contributed by atoms with Gasteiger partial charge in [0.15, 0.2) is 0 Å². The van der Waals surface area contributed by atoms with Crippen LogP contribution in [0.5, 0.6) is 5.75 Å². The van der Waals surface area contributed by atoms with Crippen molar-refractivity contribution in [2.75, 3.05) is 6.61 Å². The number of ether oxygens (including phenoxy) is 1. The van der Waals surface area contributed by atoms with Gasteiger partial charge in [-0.3, -0.25) is 4.79 Å². The van der Waals surface area contributed by atoms with Crippen molar-refractivity contribution in [3.63, 3.8) is 0 Å². The maximum absolute atomic E-state index is 12.4. The Hall–Kier alpha value is -2.55. The summed E-state index contributed by atoms with van der Waals surface area (Å²) in [6.07, 6.45) is 2.00. The molecule has 0 aliphatic rings. The van der Waals surface area contributed by atoms with Crippen molar-refractivity contribution in [1.82, 2.24) is 0 Å². The van der Waals surface area contributed by atoms with E-state index in [9.17, 15) is 4.79 Å². The molecular weight excluding hydrogens is 264 g/mol. The van der Waals surface area contributed by atoms with Gasteiger partial charge in [-0.25, -0.2) is 0 Å². The second-order valence-electron chi connectivity index (χ2n) is 5.18. The molecule has 3 heteroatoms. The predicted octanol–water partition coefficient (Wildman–Crippen LogP) is 4.29. The SMILES string of the molecule is CC(C)=CCOc1ccc2c(=O)c3ccccc3oc2c1. The van der Waals surface area contributed by atoms with Crippen LogP contribution in [-0.4, -0.2) is 6.61 Å². The molecular formula is C18H16O3. The molecule has 0 bridgehead atoms. The number of rotatable bonds is 3. The van der Waals surface area contributed by atoms with Crippen LogP contribution in [0.3, 0.4) is 0 Å². The first-order chi connectivity index (χ1) is 10.1. The smallest absolute Gasteiger partial charge is 0.200 e.